The lowest BCUT2D eigenvalue weighted by Crippen LogP contribution is -2.23. The summed E-state index contributed by atoms with van der Waals surface area (Å²) in [5, 5.41) is 9.10. The number of carboxylic acid groups (broad SMARTS) is 1. The molecule has 1 N–H and O–H groups in total. The Bertz CT molecular complexity index is 187. The van der Waals surface area contributed by atoms with E-state index in [1.807, 2.05) is 0 Å². The lowest BCUT2D eigenvalue weighted by Gasteiger charge is -2.17. The topological polar surface area (TPSA) is 37.3 Å². The molecule has 1 rings (SSSR count). The van der Waals surface area contributed by atoms with Crippen molar-refractivity contribution in [3.05, 3.63) is 0 Å². The lowest BCUT2D eigenvalue weighted by molar-refractivity contribution is -0.144. The summed E-state index contributed by atoms with van der Waals surface area (Å²) >= 11 is 0. The van der Waals surface area contributed by atoms with Crippen LogP contribution in [0.1, 0.15) is 40.0 Å². The maximum atomic E-state index is 11.0. The number of carboxylic acids is 1. The van der Waals surface area contributed by atoms with Crippen molar-refractivity contribution in [2.45, 2.75) is 40.0 Å². The first-order valence-electron chi connectivity index (χ1n) is 5.34. The molecule has 0 aromatic rings. The molecule has 0 heterocycles. The van der Waals surface area contributed by atoms with E-state index in [-0.39, 0.29) is 5.92 Å². The highest BCUT2D eigenvalue weighted by Gasteiger charge is 2.42. The van der Waals surface area contributed by atoms with Crippen molar-refractivity contribution >= 4 is 5.97 Å². The smallest absolute Gasteiger partial charge is 0.307 e. The van der Waals surface area contributed by atoms with E-state index in [1.165, 1.54) is 0 Å². The fraction of sp³-hybridized carbons (Fsp3) is 0.909. The van der Waals surface area contributed by atoms with Gasteiger partial charge in [0.1, 0.15) is 0 Å². The molecule has 4 unspecified atom stereocenters. The normalized spacial score (nSPS) is 39.3. The Hall–Kier alpha value is -0.530. The number of carbonyl (C=O) groups is 1. The van der Waals surface area contributed by atoms with E-state index in [9.17, 15) is 4.79 Å². The highest BCUT2D eigenvalue weighted by molar-refractivity contribution is 5.71. The van der Waals surface area contributed by atoms with Gasteiger partial charge in [0, 0.05) is 0 Å². The van der Waals surface area contributed by atoms with Crippen molar-refractivity contribution in [3.8, 4) is 0 Å². The van der Waals surface area contributed by atoms with Gasteiger partial charge in [-0.2, -0.15) is 0 Å². The quantitative estimate of drug-likeness (QED) is 0.732. The van der Waals surface area contributed by atoms with Gasteiger partial charge in [-0.3, -0.25) is 4.79 Å². The van der Waals surface area contributed by atoms with Gasteiger partial charge >= 0.3 is 5.97 Å². The zero-order chi connectivity index (χ0) is 10.0. The van der Waals surface area contributed by atoms with Crippen molar-refractivity contribution in [1.29, 1.82) is 0 Å². The minimum atomic E-state index is -0.588. The minimum Gasteiger partial charge on any atom is -0.481 e. The Morgan fingerprint density at radius 1 is 1.31 bits per heavy atom. The molecular formula is C11H20O2. The maximum Gasteiger partial charge on any atom is 0.307 e. The Morgan fingerprint density at radius 2 is 1.85 bits per heavy atom. The highest BCUT2D eigenvalue weighted by Crippen LogP contribution is 2.44. The average Bonchev–Trinajstić information content (AvgIpc) is 2.41. The summed E-state index contributed by atoms with van der Waals surface area (Å²) in [4.78, 5) is 11.0. The van der Waals surface area contributed by atoms with Crippen LogP contribution in [0.15, 0.2) is 0 Å². The summed E-state index contributed by atoms with van der Waals surface area (Å²) in [6.07, 6.45) is 3.25. The first kappa shape index (κ1) is 10.6. The predicted octanol–water partition coefficient (Wildman–Crippen LogP) is 2.78. The second-order valence-corrected chi connectivity index (χ2v) is 4.30. The Balaban J connectivity index is 2.73. The van der Waals surface area contributed by atoms with Crippen molar-refractivity contribution in [1.82, 2.24) is 0 Å². The van der Waals surface area contributed by atoms with Crippen molar-refractivity contribution in [2.24, 2.45) is 23.7 Å². The van der Waals surface area contributed by atoms with E-state index in [0.717, 1.165) is 19.3 Å². The molecule has 76 valence electrons. The standard InChI is InChI=1S/C11H20O2/c1-4-8-6-9(5-2)10(7(8)3)11(12)13/h7-10H,4-6H2,1-3H3,(H,12,13). The predicted molar refractivity (Wildman–Crippen MR) is 52.5 cm³/mol. The summed E-state index contributed by atoms with van der Waals surface area (Å²) in [5.74, 6) is 0.737. The van der Waals surface area contributed by atoms with Crippen LogP contribution in [0.3, 0.4) is 0 Å². The van der Waals surface area contributed by atoms with Crippen LogP contribution in [0.4, 0.5) is 0 Å². The summed E-state index contributed by atoms with van der Waals surface area (Å²) in [5.41, 5.74) is 0. The van der Waals surface area contributed by atoms with Crippen LogP contribution in [0, 0.1) is 23.7 Å². The Morgan fingerprint density at radius 3 is 2.15 bits per heavy atom. The van der Waals surface area contributed by atoms with Crippen molar-refractivity contribution in [3.63, 3.8) is 0 Å². The Labute approximate surface area is 80.3 Å². The number of hydrogen-bond donors (Lipinski definition) is 1. The first-order valence-corrected chi connectivity index (χ1v) is 5.34. The van der Waals surface area contributed by atoms with E-state index in [0.29, 0.717) is 17.8 Å². The third-order valence-corrected chi connectivity index (χ3v) is 3.76. The molecule has 0 bridgehead atoms. The Kier molecular flexibility index (Phi) is 3.34. The average molecular weight is 184 g/mol. The van der Waals surface area contributed by atoms with Crippen LogP contribution in [0.25, 0.3) is 0 Å². The second kappa shape index (κ2) is 4.12. The fourth-order valence-electron chi connectivity index (χ4n) is 2.86. The van der Waals surface area contributed by atoms with E-state index in [4.69, 9.17) is 5.11 Å². The molecule has 1 saturated carbocycles. The molecular weight excluding hydrogens is 164 g/mol. The molecule has 2 heteroatoms. The molecule has 4 atom stereocenters. The van der Waals surface area contributed by atoms with Gasteiger partial charge in [0.15, 0.2) is 0 Å². The van der Waals surface area contributed by atoms with Crippen molar-refractivity contribution in [2.75, 3.05) is 0 Å². The zero-order valence-corrected chi connectivity index (χ0v) is 8.79. The third-order valence-electron chi connectivity index (χ3n) is 3.76. The maximum absolute atomic E-state index is 11.0. The van der Waals surface area contributed by atoms with E-state index in [1.54, 1.807) is 0 Å². The summed E-state index contributed by atoms with van der Waals surface area (Å²) < 4.78 is 0. The second-order valence-electron chi connectivity index (χ2n) is 4.30. The minimum absolute atomic E-state index is 0.0880. The van der Waals surface area contributed by atoms with E-state index < -0.39 is 5.97 Å². The molecule has 0 spiro atoms. The third kappa shape index (κ3) is 1.87. The number of rotatable bonds is 3. The van der Waals surface area contributed by atoms with Crippen LogP contribution in [0.2, 0.25) is 0 Å². The van der Waals surface area contributed by atoms with Gasteiger partial charge in [-0.15, -0.1) is 0 Å². The first-order chi connectivity index (χ1) is 6.11. The monoisotopic (exact) mass is 184 g/mol. The molecule has 2 nitrogen and oxygen atoms in total. The van der Waals surface area contributed by atoms with Crippen LogP contribution in [0.5, 0.6) is 0 Å². The van der Waals surface area contributed by atoms with Crippen LogP contribution < -0.4 is 0 Å². The molecule has 1 aliphatic carbocycles. The fourth-order valence-corrected chi connectivity index (χ4v) is 2.86. The summed E-state index contributed by atoms with van der Waals surface area (Å²) in [7, 11) is 0. The number of hydrogen-bond acceptors (Lipinski definition) is 1. The van der Waals surface area contributed by atoms with Gasteiger partial charge in [-0.1, -0.05) is 33.6 Å². The van der Waals surface area contributed by atoms with Crippen LogP contribution >= 0.6 is 0 Å². The van der Waals surface area contributed by atoms with Gasteiger partial charge in [-0.25, -0.2) is 0 Å². The molecule has 0 aliphatic heterocycles. The molecule has 1 fully saturated rings. The molecule has 0 radical (unpaired) electrons. The van der Waals surface area contributed by atoms with Gasteiger partial charge in [0.2, 0.25) is 0 Å². The van der Waals surface area contributed by atoms with Gasteiger partial charge in [0.05, 0.1) is 5.92 Å². The lowest BCUT2D eigenvalue weighted by atomic mass is 9.87. The van der Waals surface area contributed by atoms with E-state index in [2.05, 4.69) is 20.8 Å². The van der Waals surface area contributed by atoms with Gasteiger partial charge in [0.25, 0.3) is 0 Å². The van der Waals surface area contributed by atoms with Crippen LogP contribution in [-0.4, -0.2) is 11.1 Å². The highest BCUT2D eigenvalue weighted by atomic mass is 16.4. The molecule has 0 amide bonds. The molecule has 0 saturated heterocycles. The number of aliphatic carboxylic acids is 1. The van der Waals surface area contributed by atoms with E-state index >= 15 is 0 Å². The molecule has 1 aliphatic rings. The van der Waals surface area contributed by atoms with Gasteiger partial charge < -0.3 is 5.11 Å². The molecule has 13 heavy (non-hydrogen) atoms. The largest absolute Gasteiger partial charge is 0.481 e. The molecule has 0 aromatic heterocycles. The van der Waals surface area contributed by atoms with Crippen molar-refractivity contribution < 1.29 is 9.90 Å². The molecule has 0 aromatic carbocycles. The summed E-state index contributed by atoms with van der Waals surface area (Å²) in [6, 6.07) is 0. The summed E-state index contributed by atoms with van der Waals surface area (Å²) in [6.45, 7) is 6.37. The van der Waals surface area contributed by atoms with Crippen LogP contribution in [-0.2, 0) is 4.79 Å². The zero-order valence-electron chi connectivity index (χ0n) is 8.79. The SMILES string of the molecule is CCC1CC(CC)C(C(=O)O)C1C. The van der Waals surface area contributed by atoms with Gasteiger partial charge in [-0.05, 0) is 24.2 Å².